The second-order valence-electron chi connectivity index (χ2n) is 3.84. The zero-order valence-electron chi connectivity index (χ0n) is 8.78. The molecule has 0 unspecified atom stereocenters. The van der Waals surface area contributed by atoms with Gasteiger partial charge in [-0.15, -0.1) is 0 Å². The molecule has 0 atom stereocenters. The van der Waals surface area contributed by atoms with Crippen LogP contribution in [0.25, 0.3) is 0 Å². The Bertz CT molecular complexity index is 312. The van der Waals surface area contributed by atoms with Crippen molar-refractivity contribution >= 4 is 17.8 Å². The van der Waals surface area contributed by atoms with Gasteiger partial charge in [0.1, 0.15) is 6.54 Å². The molecule has 0 heterocycles. The summed E-state index contributed by atoms with van der Waals surface area (Å²) in [5, 5.41) is 12.9. The lowest BCUT2D eigenvalue weighted by molar-refractivity contribution is -0.137. The smallest absolute Gasteiger partial charge is 0.322 e. The molecule has 0 aromatic heterocycles. The predicted octanol–water partition coefficient (Wildman–Crippen LogP) is -1.96. The first-order valence-corrected chi connectivity index (χ1v) is 4.97. The number of hydrogen-bond acceptors (Lipinski definition) is 4. The zero-order chi connectivity index (χ0) is 12.2. The number of nitrogens with one attached hydrogen (secondary N) is 2. The van der Waals surface area contributed by atoms with E-state index >= 15 is 0 Å². The lowest BCUT2D eigenvalue weighted by atomic mass is 10.1. The number of carbonyl (C=O) groups excluding carboxylic acids is 2. The number of carboxylic acid groups (broad SMARTS) is 1. The highest BCUT2D eigenvalue weighted by Gasteiger charge is 2.48. The van der Waals surface area contributed by atoms with Crippen LogP contribution in [0.2, 0.25) is 0 Å². The van der Waals surface area contributed by atoms with Crippen LogP contribution in [-0.4, -0.2) is 42.5 Å². The quantitative estimate of drug-likeness (QED) is 0.421. The van der Waals surface area contributed by atoms with E-state index < -0.39 is 23.8 Å². The molecule has 0 aromatic rings. The molecule has 1 aliphatic rings. The predicted molar refractivity (Wildman–Crippen MR) is 54.4 cm³/mol. The summed E-state index contributed by atoms with van der Waals surface area (Å²) < 4.78 is 0. The molecule has 0 bridgehead atoms. The fourth-order valence-electron chi connectivity index (χ4n) is 1.26. The van der Waals surface area contributed by atoms with E-state index in [1.54, 1.807) is 0 Å². The summed E-state index contributed by atoms with van der Waals surface area (Å²) in [6, 6.07) is 0. The minimum absolute atomic E-state index is 0.214. The molecule has 16 heavy (non-hydrogen) atoms. The van der Waals surface area contributed by atoms with Gasteiger partial charge in [-0.05, 0) is 12.8 Å². The maximum atomic E-state index is 11.5. The summed E-state index contributed by atoms with van der Waals surface area (Å²) in [6.07, 6.45) is 1.48. The molecule has 1 aliphatic carbocycles. The molecule has 1 rings (SSSR count). The second kappa shape index (κ2) is 4.93. The van der Waals surface area contributed by atoms with Crippen molar-refractivity contribution in [1.29, 1.82) is 0 Å². The third kappa shape index (κ3) is 3.20. The van der Waals surface area contributed by atoms with E-state index in [1.165, 1.54) is 0 Å². The number of aliphatic carboxylic acids is 1. The molecule has 0 radical (unpaired) electrons. The molecule has 0 spiro atoms. The van der Waals surface area contributed by atoms with Gasteiger partial charge in [0.2, 0.25) is 11.8 Å². The van der Waals surface area contributed by atoms with E-state index in [9.17, 15) is 14.4 Å². The summed E-state index contributed by atoms with van der Waals surface area (Å²) in [4.78, 5) is 32.7. The number of nitrogens with two attached hydrogens (primary N) is 1. The van der Waals surface area contributed by atoms with Crippen molar-refractivity contribution in [2.45, 2.75) is 12.8 Å². The zero-order valence-corrected chi connectivity index (χ0v) is 8.78. The molecule has 7 nitrogen and oxygen atoms in total. The van der Waals surface area contributed by atoms with Crippen molar-refractivity contribution in [3.8, 4) is 0 Å². The standard InChI is InChI=1S/C9H15N3O4/c10-5-9(1-2-9)8(16)12-3-6(13)11-4-7(14)15/h1-5,10H2,(H,11,13)(H,12,16)(H,14,15). The molecular formula is C9H15N3O4. The highest BCUT2D eigenvalue weighted by Crippen LogP contribution is 2.44. The lowest BCUT2D eigenvalue weighted by Crippen LogP contribution is -2.43. The largest absolute Gasteiger partial charge is 0.480 e. The topological polar surface area (TPSA) is 122 Å². The first-order chi connectivity index (χ1) is 7.50. The minimum Gasteiger partial charge on any atom is -0.480 e. The molecule has 0 aliphatic heterocycles. The van der Waals surface area contributed by atoms with Crippen LogP contribution in [0.4, 0.5) is 0 Å². The van der Waals surface area contributed by atoms with Gasteiger partial charge < -0.3 is 21.5 Å². The first-order valence-electron chi connectivity index (χ1n) is 4.97. The van der Waals surface area contributed by atoms with Gasteiger partial charge in [-0.1, -0.05) is 0 Å². The summed E-state index contributed by atoms with van der Waals surface area (Å²) >= 11 is 0. The highest BCUT2D eigenvalue weighted by molar-refractivity contribution is 5.90. The van der Waals surface area contributed by atoms with E-state index in [-0.39, 0.29) is 19.0 Å². The monoisotopic (exact) mass is 229 g/mol. The van der Waals surface area contributed by atoms with Crippen molar-refractivity contribution in [2.24, 2.45) is 11.1 Å². The van der Waals surface area contributed by atoms with Gasteiger partial charge >= 0.3 is 5.97 Å². The fourth-order valence-corrected chi connectivity index (χ4v) is 1.26. The van der Waals surface area contributed by atoms with E-state index in [4.69, 9.17) is 10.8 Å². The summed E-state index contributed by atoms with van der Waals surface area (Å²) in [5.41, 5.74) is 4.94. The van der Waals surface area contributed by atoms with Crippen LogP contribution >= 0.6 is 0 Å². The summed E-state index contributed by atoms with van der Waals surface area (Å²) in [7, 11) is 0. The Balaban J connectivity index is 2.22. The van der Waals surface area contributed by atoms with Crippen LogP contribution in [0.3, 0.4) is 0 Å². The normalized spacial score (nSPS) is 16.3. The molecular weight excluding hydrogens is 214 g/mol. The maximum absolute atomic E-state index is 11.5. The van der Waals surface area contributed by atoms with Crippen molar-refractivity contribution in [3.63, 3.8) is 0 Å². The van der Waals surface area contributed by atoms with Gasteiger partial charge in [-0.3, -0.25) is 14.4 Å². The van der Waals surface area contributed by atoms with E-state index in [0.717, 1.165) is 12.8 Å². The molecule has 1 fully saturated rings. The third-order valence-electron chi connectivity index (χ3n) is 2.57. The Morgan fingerprint density at radius 3 is 2.25 bits per heavy atom. The van der Waals surface area contributed by atoms with Crippen LogP contribution in [-0.2, 0) is 14.4 Å². The van der Waals surface area contributed by atoms with Gasteiger partial charge in [0.25, 0.3) is 0 Å². The van der Waals surface area contributed by atoms with Crippen molar-refractivity contribution in [2.75, 3.05) is 19.6 Å². The summed E-state index contributed by atoms with van der Waals surface area (Å²) in [6.45, 7) is -0.389. The number of amides is 2. The van der Waals surface area contributed by atoms with Crippen LogP contribution < -0.4 is 16.4 Å². The number of rotatable bonds is 6. The Hall–Kier alpha value is -1.63. The average Bonchev–Trinajstić information content (AvgIpc) is 3.03. The second-order valence-corrected chi connectivity index (χ2v) is 3.84. The first kappa shape index (κ1) is 12.4. The van der Waals surface area contributed by atoms with E-state index in [1.807, 2.05) is 0 Å². The van der Waals surface area contributed by atoms with Gasteiger partial charge in [-0.2, -0.15) is 0 Å². The number of hydrogen-bond donors (Lipinski definition) is 4. The van der Waals surface area contributed by atoms with Gasteiger partial charge in [-0.25, -0.2) is 0 Å². The van der Waals surface area contributed by atoms with Gasteiger partial charge in [0.15, 0.2) is 0 Å². The lowest BCUT2D eigenvalue weighted by Gasteiger charge is -2.12. The fraction of sp³-hybridized carbons (Fsp3) is 0.667. The van der Waals surface area contributed by atoms with E-state index in [2.05, 4.69) is 10.6 Å². The van der Waals surface area contributed by atoms with Gasteiger partial charge in [0, 0.05) is 6.54 Å². The van der Waals surface area contributed by atoms with Crippen molar-refractivity contribution < 1.29 is 19.5 Å². The molecule has 5 N–H and O–H groups in total. The Labute approximate surface area is 92.4 Å². The third-order valence-corrected chi connectivity index (χ3v) is 2.57. The van der Waals surface area contributed by atoms with Crippen molar-refractivity contribution in [3.05, 3.63) is 0 Å². The molecule has 90 valence electrons. The SMILES string of the molecule is NCC1(C(=O)NCC(=O)NCC(=O)O)CC1. The maximum Gasteiger partial charge on any atom is 0.322 e. The van der Waals surface area contributed by atoms with E-state index in [0.29, 0.717) is 0 Å². The van der Waals surface area contributed by atoms with Gasteiger partial charge in [0.05, 0.1) is 12.0 Å². The number of carbonyl (C=O) groups is 3. The molecule has 0 aromatic carbocycles. The number of carboxylic acids is 1. The van der Waals surface area contributed by atoms with Crippen LogP contribution in [0, 0.1) is 5.41 Å². The molecule has 7 heteroatoms. The molecule has 0 saturated heterocycles. The van der Waals surface area contributed by atoms with Crippen LogP contribution in [0.1, 0.15) is 12.8 Å². The van der Waals surface area contributed by atoms with Crippen molar-refractivity contribution in [1.82, 2.24) is 10.6 Å². The van der Waals surface area contributed by atoms with Crippen LogP contribution in [0.15, 0.2) is 0 Å². The Morgan fingerprint density at radius 2 is 1.81 bits per heavy atom. The Morgan fingerprint density at radius 1 is 1.19 bits per heavy atom. The average molecular weight is 229 g/mol. The van der Waals surface area contributed by atoms with Crippen LogP contribution in [0.5, 0.6) is 0 Å². The summed E-state index contributed by atoms with van der Waals surface area (Å²) in [5.74, 6) is -1.88. The highest BCUT2D eigenvalue weighted by atomic mass is 16.4. The molecule has 1 saturated carbocycles. The molecule has 2 amide bonds. The minimum atomic E-state index is -1.12. The Kier molecular flexibility index (Phi) is 3.83.